The number of Topliss-reactive ketones (excluding diaryl/α,β-unsaturated/α-hetero) is 1. The Labute approximate surface area is 639 Å². The zero-order chi connectivity index (χ0) is 79.3. The van der Waals surface area contributed by atoms with Gasteiger partial charge in [0, 0.05) is 99.4 Å². The SMILES string of the molecule is CC(=O)N[C@H](Cc1ccc2ccccc2c1)C(=O)N[C@H](Cc1ccc(Cl)cc1)C(=O)N[C@H](Cc1cccnc1)C(=O)N[C@@H](CO)C(=O)N[C@@H](CCCCN)C(=O)[N+]1(C(=O)[C@H](CCCCN(C(=O)c2cccnc2)C(C)C)NC(=O)[C@H](CC(C)C)NC(=O)[C@H](N)CCCC(N)C(=O)c2cccnc2)CCC[C@H]1C(=O)O. The van der Waals surface area contributed by atoms with Crippen molar-refractivity contribution in [1.82, 2.24) is 57.1 Å². The summed E-state index contributed by atoms with van der Waals surface area (Å²) in [6, 6.07) is 14.2. The second-order valence-corrected chi connectivity index (χ2v) is 28.8. The number of unbranched alkanes of at least 4 members (excludes halogenated alkanes) is 2. The first kappa shape index (κ1) is 85.9. The molecule has 4 heterocycles. The van der Waals surface area contributed by atoms with E-state index in [0.717, 1.165) is 10.8 Å². The van der Waals surface area contributed by atoms with E-state index < -0.39 is 137 Å². The Morgan fingerprint density at radius 1 is 0.532 bits per heavy atom. The van der Waals surface area contributed by atoms with Crippen LogP contribution in [-0.4, -0.2) is 198 Å². The Hall–Kier alpha value is -10.3. The second-order valence-electron chi connectivity index (χ2n) is 28.3. The Bertz CT molecular complexity index is 4090. The lowest BCUT2D eigenvalue weighted by Crippen LogP contribution is -2.71. The van der Waals surface area contributed by atoms with Gasteiger partial charge in [-0.25, -0.2) is 14.4 Å². The minimum absolute atomic E-state index is 0.00433. The number of carbonyl (C=O) groups is 12. The van der Waals surface area contributed by atoms with Crippen LogP contribution in [0, 0.1) is 5.92 Å². The fourth-order valence-corrected chi connectivity index (χ4v) is 13.6. The number of amides is 10. The fraction of sp³-hybridized carbons (Fsp3) is 0.456. The van der Waals surface area contributed by atoms with Crippen LogP contribution < -0.4 is 54.4 Å². The number of rotatable bonds is 42. The highest BCUT2D eigenvalue weighted by Gasteiger charge is 2.61. The van der Waals surface area contributed by atoms with Gasteiger partial charge in [0.2, 0.25) is 47.4 Å². The zero-order valence-electron chi connectivity index (χ0n) is 62.3. The van der Waals surface area contributed by atoms with Crippen molar-refractivity contribution in [3.63, 3.8) is 0 Å². The van der Waals surface area contributed by atoms with Gasteiger partial charge in [0.25, 0.3) is 5.91 Å². The van der Waals surface area contributed by atoms with E-state index in [1.165, 1.54) is 44.1 Å². The van der Waals surface area contributed by atoms with Crippen molar-refractivity contribution < 1.29 is 72.2 Å². The highest BCUT2D eigenvalue weighted by atomic mass is 35.5. The summed E-state index contributed by atoms with van der Waals surface area (Å²) >= 11 is 6.25. The number of aliphatic carboxylic acids is 1. The molecule has 1 saturated heterocycles. The number of pyridine rings is 3. The molecule has 11 atom stereocenters. The molecule has 6 aromatic rings. The summed E-state index contributed by atoms with van der Waals surface area (Å²) in [6.07, 6.45) is 8.88. The average molecular weight is 1520 g/mol. The lowest BCUT2D eigenvalue weighted by Gasteiger charge is -2.38. The van der Waals surface area contributed by atoms with Crippen molar-refractivity contribution in [3.05, 3.63) is 173 Å². The number of carboxylic acids is 1. The number of aliphatic hydroxyl groups is 1. The van der Waals surface area contributed by atoms with E-state index in [1.807, 2.05) is 56.3 Å². The molecule has 3 aromatic heterocycles. The molecular formula is C79H103ClN15O14+. The van der Waals surface area contributed by atoms with Crippen molar-refractivity contribution in [2.24, 2.45) is 23.1 Å². The number of nitrogens with two attached hydrogens (primary N) is 3. The van der Waals surface area contributed by atoms with Crippen LogP contribution in [0.25, 0.3) is 10.8 Å². The van der Waals surface area contributed by atoms with Gasteiger partial charge in [0.05, 0.1) is 30.8 Å². The highest BCUT2D eigenvalue weighted by Crippen LogP contribution is 2.33. The molecule has 0 radical (unpaired) electrons. The quantitative estimate of drug-likeness (QED) is 0.0147. The van der Waals surface area contributed by atoms with Crippen LogP contribution in [0.1, 0.15) is 149 Å². The van der Waals surface area contributed by atoms with Gasteiger partial charge in [0.15, 0.2) is 5.78 Å². The summed E-state index contributed by atoms with van der Waals surface area (Å²) < 4.78 is -1.43. The molecule has 1 fully saturated rings. The molecule has 1 aliphatic rings. The van der Waals surface area contributed by atoms with Crippen molar-refractivity contribution in [3.8, 4) is 0 Å². The standard InChI is InChI=1S/C79H102ClN15O14/c1-48(2)39-63(90-70(99)60(83)23-12-22-59(82)69(98)56-20-14-35-85-45-56)71(100)88-62(25-9-11-37-94(49(3)4)76(105)57-21-15-36-86-46-57)78(107)95(38-16-26-68(95)79(108)109)77(106)61(24-8-10-33-81)89-75(104)67(47-96)93-74(103)66(43-53-17-13-34-84-44-53)92-73(102)65(41-51-28-31-58(80)32-29-51)91-72(101)64(87-50(5)97)42-52-27-30-54-18-6-7-19-55(54)40-52/h6-7,13-15,17-21,27-32,34-36,40,44-46,48-49,59-68,96H,8-12,16,22-26,33,37-39,41-43,47,81-83H2,1-5H3,(H7-,87,88,89,90,91,92,93,97,99,100,101,102,103,104,108,109)/p+1/t59?,60-,61+,62+,63+,64-,65-,66-,67+,68+,95?/m1/s1. The van der Waals surface area contributed by atoms with Crippen molar-refractivity contribution in [1.29, 1.82) is 0 Å². The number of aromatic nitrogens is 3. The number of likely N-dealkylation sites (tertiary alicyclic amines) is 1. The molecule has 109 heavy (non-hydrogen) atoms. The minimum atomic E-state index is -1.90. The van der Waals surface area contributed by atoms with Crippen molar-refractivity contribution >= 4 is 93.2 Å². The van der Waals surface area contributed by atoms with Crippen LogP contribution in [0.15, 0.2) is 140 Å². The van der Waals surface area contributed by atoms with Crippen LogP contribution in [0.5, 0.6) is 0 Å². The number of aliphatic hydroxyl groups excluding tert-OH is 1. The molecular weight excluding hydrogens is 1420 g/mol. The summed E-state index contributed by atoms with van der Waals surface area (Å²) in [5.41, 5.74) is 20.9. The average Bonchev–Trinajstić information content (AvgIpc) is 1.65. The molecule has 30 heteroatoms. The van der Waals surface area contributed by atoms with Crippen LogP contribution in [0.3, 0.4) is 0 Å². The van der Waals surface area contributed by atoms with Crippen molar-refractivity contribution in [2.75, 3.05) is 26.2 Å². The summed E-state index contributed by atoms with van der Waals surface area (Å²) in [4.78, 5) is 187. The Kier molecular flexibility index (Phi) is 33.5. The number of ketones is 1. The Morgan fingerprint density at radius 3 is 1.59 bits per heavy atom. The number of nitrogens with one attached hydrogen (secondary N) is 7. The molecule has 1 aliphatic heterocycles. The van der Waals surface area contributed by atoms with Crippen LogP contribution in [-0.2, 0) is 67.2 Å². The van der Waals surface area contributed by atoms with Crippen LogP contribution in [0.4, 0.5) is 0 Å². The van der Waals surface area contributed by atoms with E-state index in [-0.39, 0.29) is 133 Å². The molecule has 0 aliphatic carbocycles. The first-order chi connectivity index (χ1) is 52.1. The third-order valence-corrected chi connectivity index (χ3v) is 19.5. The van der Waals surface area contributed by atoms with E-state index in [9.17, 15) is 58.2 Å². The van der Waals surface area contributed by atoms with Gasteiger partial charge in [-0.2, -0.15) is 4.48 Å². The number of imide groups is 1. The van der Waals surface area contributed by atoms with Gasteiger partial charge in [-0.3, -0.25) is 58.1 Å². The summed E-state index contributed by atoms with van der Waals surface area (Å²) in [7, 11) is 0. The largest absolute Gasteiger partial charge is 0.477 e. The number of hydrogen-bond donors (Lipinski definition) is 12. The normalized spacial score (nSPS) is 16.5. The van der Waals surface area contributed by atoms with Gasteiger partial charge in [-0.15, -0.1) is 0 Å². The van der Waals surface area contributed by atoms with E-state index >= 15 is 9.59 Å². The number of fused-ring (bicyclic) bond motifs is 1. The third-order valence-electron chi connectivity index (χ3n) is 19.2. The summed E-state index contributed by atoms with van der Waals surface area (Å²) in [5.74, 6) is -10.6. The molecule has 2 unspecified atom stereocenters. The molecule has 7 rings (SSSR count). The molecule has 0 saturated carbocycles. The maximum absolute atomic E-state index is 16.1. The third kappa shape index (κ3) is 25.1. The van der Waals surface area contributed by atoms with Gasteiger partial charge >= 0.3 is 17.8 Å². The first-order valence-electron chi connectivity index (χ1n) is 37.0. The molecule has 584 valence electrons. The summed E-state index contributed by atoms with van der Waals surface area (Å²) in [5, 5.41) is 43.3. The topological polar surface area (TPSA) is 449 Å². The molecule has 3 aromatic carbocycles. The molecule has 15 N–H and O–H groups in total. The predicted octanol–water partition coefficient (Wildman–Crippen LogP) is 3.83. The summed E-state index contributed by atoms with van der Waals surface area (Å²) in [6.45, 7) is 7.20. The minimum Gasteiger partial charge on any atom is -0.477 e. The van der Waals surface area contributed by atoms with Gasteiger partial charge < -0.3 is 69.5 Å². The lowest BCUT2D eigenvalue weighted by atomic mass is 9.98. The number of carboxylic acid groups (broad SMARTS) is 1. The van der Waals surface area contributed by atoms with Crippen molar-refractivity contribution in [2.45, 2.75) is 197 Å². The van der Waals surface area contributed by atoms with Gasteiger partial charge in [-0.05, 0) is 160 Å². The molecule has 29 nitrogen and oxygen atoms in total. The van der Waals surface area contributed by atoms with E-state index in [1.54, 1.807) is 79.4 Å². The number of halogens is 1. The van der Waals surface area contributed by atoms with E-state index in [2.05, 4.69) is 52.2 Å². The van der Waals surface area contributed by atoms with Gasteiger partial charge in [-0.1, -0.05) is 86.1 Å². The number of nitrogens with zero attached hydrogens (tertiary/aromatic N) is 5. The van der Waals surface area contributed by atoms with E-state index in [4.69, 9.17) is 28.8 Å². The maximum atomic E-state index is 16.1. The predicted molar refractivity (Wildman–Crippen MR) is 408 cm³/mol. The fourth-order valence-electron chi connectivity index (χ4n) is 13.5. The monoisotopic (exact) mass is 1520 g/mol. The molecule has 0 bridgehead atoms. The van der Waals surface area contributed by atoms with Crippen LogP contribution in [0.2, 0.25) is 5.02 Å². The van der Waals surface area contributed by atoms with E-state index in [0.29, 0.717) is 32.8 Å². The Balaban J connectivity index is 1.17. The zero-order valence-corrected chi connectivity index (χ0v) is 63.0. The number of carbonyl (C=O) groups excluding carboxylic acids is 11. The highest BCUT2D eigenvalue weighted by molar-refractivity contribution is 6.30. The second kappa shape index (κ2) is 42.5. The smallest absolute Gasteiger partial charge is 0.363 e. The molecule has 0 spiro atoms. The number of benzene rings is 3. The number of hydrogen-bond acceptors (Lipinski definition) is 19. The van der Waals surface area contributed by atoms with Gasteiger partial charge in [0.1, 0.15) is 42.3 Å². The number of quaternary nitrogens is 1. The Morgan fingerprint density at radius 2 is 1.04 bits per heavy atom. The first-order valence-corrected chi connectivity index (χ1v) is 37.4. The van der Waals surface area contributed by atoms with Crippen LogP contribution >= 0.6 is 11.6 Å². The molecule has 10 amide bonds. The lowest BCUT2D eigenvalue weighted by molar-refractivity contribution is -0.784. The maximum Gasteiger partial charge on any atom is 0.363 e.